The number of piperidine rings is 1. The molecule has 5 fully saturated rings. The normalized spacial score (nSPS) is 39.9. The minimum absolute atomic E-state index is 0.117. The zero-order chi connectivity index (χ0) is 48.0. The Bertz CT molecular complexity index is 2150. The molecule has 6 aliphatic carbocycles. The van der Waals surface area contributed by atoms with Gasteiger partial charge in [-0.05, 0) is 144 Å². The van der Waals surface area contributed by atoms with Crippen LogP contribution in [0.15, 0.2) is 29.3 Å². The molecule has 1 saturated heterocycles. The first-order chi connectivity index (χ1) is 33.2. The van der Waals surface area contributed by atoms with Gasteiger partial charge < -0.3 is 56.7 Å². The van der Waals surface area contributed by atoms with Crippen molar-refractivity contribution in [1.29, 1.82) is 0 Å². The maximum absolute atomic E-state index is 13.1. The molecule has 10 N–H and O–H groups in total. The lowest BCUT2D eigenvalue weighted by molar-refractivity contribution is -0.152. The quantitative estimate of drug-likeness (QED) is 0.0498. The second-order valence-electron chi connectivity index (χ2n) is 23.3. The van der Waals surface area contributed by atoms with E-state index in [-0.39, 0.29) is 70.9 Å². The number of benzene rings is 1. The first-order valence-electron chi connectivity index (χ1n) is 26.7. The highest BCUT2D eigenvalue weighted by molar-refractivity contribution is 8.76. The van der Waals surface area contributed by atoms with E-state index in [1.807, 2.05) is 27.7 Å². The third kappa shape index (κ3) is 9.94. The van der Waals surface area contributed by atoms with Crippen LogP contribution in [-0.2, 0) is 16.0 Å². The average Bonchev–Trinajstić information content (AvgIpc) is 3.98. The molecule has 0 aromatic heterocycles. The van der Waals surface area contributed by atoms with E-state index < -0.39 is 53.9 Å². The summed E-state index contributed by atoms with van der Waals surface area (Å²) >= 11 is 0. The summed E-state index contributed by atoms with van der Waals surface area (Å²) < 4.78 is 13.0. The predicted molar refractivity (Wildman–Crippen MR) is 271 cm³/mol. The second-order valence-corrected chi connectivity index (χ2v) is 25.8. The van der Waals surface area contributed by atoms with E-state index in [2.05, 4.69) is 33.9 Å². The lowest BCUT2D eigenvalue weighted by atomic mass is 9.53. The summed E-state index contributed by atoms with van der Waals surface area (Å²) in [6.07, 6.45) is 19.2. The van der Waals surface area contributed by atoms with Gasteiger partial charge >= 0.3 is 5.97 Å². The van der Waals surface area contributed by atoms with Crippen LogP contribution in [0.2, 0.25) is 0 Å². The standard InChI is InChI=1S/C54H79N5O8S2/c1-34(60)66-43-28-38(61)12-19-52-18-11-36-25-35-9-10-46(53(30-35)31-39(13-22-57-53)67-44-27-37(26-40(36)43)41(48(64)65)29-42(44)62)56-23-24-68-69-33-54(59-49(55)58-45(52)7-6-8-47(52)63)32-50(14-2-3-15-50)20-21-51(54)16-4-5-17-51/h6-7,27,29,35-36,38-40,43,45-48,56-57,61-65H,2-5,8-10,12-17,19-26,28,30-33H2,1H3,(H3,55,58,59)/t35-,36+,38-,39+,40-,43-,45+,46+,47+,52+,53+,54-/m0/s1. The smallest absolute Gasteiger partial charge is 0.302 e. The second kappa shape index (κ2) is 20.3. The van der Waals surface area contributed by atoms with Gasteiger partial charge in [0, 0.05) is 66.8 Å². The fourth-order valence-electron chi connectivity index (χ4n) is 15.8. The number of aliphatic imine (C=N–C) groups is 1. The molecule has 4 heterocycles. The highest BCUT2D eigenvalue weighted by atomic mass is 33.1. The minimum atomic E-state index is -1.90. The zero-order valence-corrected chi connectivity index (χ0v) is 42.4. The van der Waals surface area contributed by atoms with Crippen LogP contribution in [0.5, 0.6) is 11.5 Å². The van der Waals surface area contributed by atoms with Gasteiger partial charge in [0.2, 0.25) is 0 Å². The summed E-state index contributed by atoms with van der Waals surface area (Å²) in [5.41, 5.74) is 6.77. The number of nitrogens with two attached hydrogens (primary N) is 1. The summed E-state index contributed by atoms with van der Waals surface area (Å²) in [5.74, 6) is 8.78. The molecule has 10 aliphatic rings. The van der Waals surface area contributed by atoms with Crippen LogP contribution < -0.4 is 26.4 Å². The van der Waals surface area contributed by atoms with Crippen LogP contribution >= 0.6 is 21.6 Å². The molecule has 8 bridgehead atoms. The van der Waals surface area contributed by atoms with Gasteiger partial charge in [0.15, 0.2) is 23.7 Å². The van der Waals surface area contributed by atoms with E-state index in [1.165, 1.54) is 77.2 Å². The minimum Gasteiger partial charge on any atom is -0.504 e. The Hall–Kier alpha value is -2.68. The van der Waals surface area contributed by atoms with Crippen LogP contribution in [0, 0.1) is 45.8 Å². The van der Waals surface area contributed by atoms with Crippen LogP contribution in [-0.4, -0.2) is 110 Å². The number of nitrogens with zero attached hydrogens (tertiary/aromatic N) is 1. The Balaban J connectivity index is 1.14. The van der Waals surface area contributed by atoms with E-state index >= 15 is 0 Å². The molecule has 12 atom stereocenters. The van der Waals surface area contributed by atoms with Gasteiger partial charge in [0.05, 0.1) is 29.2 Å². The monoisotopic (exact) mass is 990 g/mol. The Kier molecular flexibility index (Phi) is 14.7. The molecular weight excluding hydrogens is 911 g/mol. The van der Waals surface area contributed by atoms with Gasteiger partial charge in [-0.3, -0.25) is 4.79 Å². The third-order valence-electron chi connectivity index (χ3n) is 19.2. The summed E-state index contributed by atoms with van der Waals surface area (Å²) in [6, 6.07) is 2.68. The average molecular weight is 990 g/mol. The van der Waals surface area contributed by atoms with Crippen LogP contribution in [0.1, 0.15) is 159 Å². The molecule has 4 saturated carbocycles. The number of nitrogens with one attached hydrogen (secondary N) is 3. The number of carbonyl (C=O) groups excluding carboxylic acids is 1. The number of phenols is 1. The van der Waals surface area contributed by atoms with E-state index in [4.69, 9.17) is 20.2 Å². The summed E-state index contributed by atoms with van der Waals surface area (Å²) in [5, 5.41) is 69.9. The van der Waals surface area contributed by atoms with Crippen LogP contribution in [0.3, 0.4) is 0 Å². The molecule has 13 nitrogen and oxygen atoms in total. The van der Waals surface area contributed by atoms with E-state index in [9.17, 15) is 30.3 Å². The number of aromatic hydroxyl groups is 1. The van der Waals surface area contributed by atoms with Crippen LogP contribution in [0.25, 0.3) is 0 Å². The molecule has 0 unspecified atom stereocenters. The number of aliphatic hydroxyl groups is 4. The first-order valence-corrected chi connectivity index (χ1v) is 29.2. The summed E-state index contributed by atoms with van der Waals surface area (Å²) in [4.78, 5) is 18.5. The maximum atomic E-state index is 13.1. The lowest BCUT2D eigenvalue weighted by Crippen LogP contribution is -2.67. The van der Waals surface area contributed by atoms with Crippen molar-refractivity contribution in [3.8, 4) is 23.3 Å². The topological polar surface area (TPSA) is 211 Å². The molecule has 4 aliphatic heterocycles. The molecule has 1 aromatic carbocycles. The number of ether oxygens (including phenoxy) is 2. The van der Waals surface area contributed by atoms with Crippen molar-refractivity contribution in [2.45, 2.75) is 202 Å². The van der Waals surface area contributed by atoms with Crippen molar-refractivity contribution in [2.75, 3.05) is 24.6 Å². The molecular formula is C54H79N5O8S2. The Morgan fingerprint density at radius 3 is 2.58 bits per heavy atom. The van der Waals surface area contributed by atoms with E-state index in [1.54, 1.807) is 6.07 Å². The Labute approximate surface area is 417 Å². The number of esters is 1. The predicted octanol–water partition coefficient (Wildman–Crippen LogP) is 6.68. The molecule has 15 heteroatoms. The number of rotatable bonds is 2. The number of guanidine groups is 1. The molecule has 380 valence electrons. The van der Waals surface area contributed by atoms with Crippen molar-refractivity contribution < 1.29 is 39.8 Å². The third-order valence-corrected chi connectivity index (χ3v) is 21.7. The fraction of sp³-hybridized carbons (Fsp3) is 0.778. The molecule has 0 amide bonds. The molecule has 1 aromatic rings. The fourth-order valence-corrected chi connectivity index (χ4v) is 18.3. The highest BCUT2D eigenvalue weighted by Gasteiger charge is 2.60. The van der Waals surface area contributed by atoms with Crippen molar-refractivity contribution in [1.82, 2.24) is 16.0 Å². The lowest BCUT2D eigenvalue weighted by Gasteiger charge is -2.58. The Morgan fingerprint density at radius 2 is 1.78 bits per heavy atom. The largest absolute Gasteiger partial charge is 0.504 e. The van der Waals surface area contributed by atoms with Crippen molar-refractivity contribution in [2.24, 2.45) is 44.7 Å². The Morgan fingerprint density at radius 1 is 0.971 bits per heavy atom. The van der Waals surface area contributed by atoms with E-state index in [0.717, 1.165) is 63.1 Å². The SMILES string of the molecule is CC(=O)O[C@H]1C[C@@H](O)CC[C@]23C#C[C@@H]4C[C@@H]5CC[C@@H](NCCSSC[C@]6(CC7(CCCC7)CCC67CCCC7)NC(N)=N[C@@H]2C=CC[C@H]3O)[C@@]2(C5)C[C@@H](CCN2)Oc2cc(c(C(O)O)cc2O)C[C@@H]41. The van der Waals surface area contributed by atoms with E-state index in [0.29, 0.717) is 36.2 Å². The van der Waals surface area contributed by atoms with Gasteiger partial charge in [-0.2, -0.15) is 0 Å². The zero-order valence-electron chi connectivity index (χ0n) is 40.8. The molecule has 11 rings (SSSR count). The first kappa shape index (κ1) is 49.9. The molecule has 0 radical (unpaired) electrons. The van der Waals surface area contributed by atoms with Crippen molar-refractivity contribution in [3.05, 3.63) is 35.4 Å². The summed E-state index contributed by atoms with van der Waals surface area (Å²) in [7, 11) is 3.96. The maximum Gasteiger partial charge on any atom is 0.302 e. The van der Waals surface area contributed by atoms with Crippen LogP contribution in [0.4, 0.5) is 0 Å². The highest BCUT2D eigenvalue weighted by Crippen LogP contribution is 2.64. The van der Waals surface area contributed by atoms with Gasteiger partial charge in [-0.1, -0.05) is 71.3 Å². The number of carbonyl (C=O) groups is 1. The number of aliphatic hydroxyl groups excluding tert-OH is 3. The van der Waals surface area contributed by atoms with Crippen molar-refractivity contribution >= 4 is 33.5 Å². The number of phenolic OH excluding ortho intramolecular Hbond substituents is 1. The van der Waals surface area contributed by atoms with Gasteiger partial charge in [0.1, 0.15) is 12.2 Å². The van der Waals surface area contributed by atoms with Gasteiger partial charge in [-0.25, -0.2) is 4.99 Å². The van der Waals surface area contributed by atoms with Gasteiger partial charge in [-0.15, -0.1) is 0 Å². The number of hydrogen-bond acceptors (Lipinski definition) is 15. The number of hydrogen-bond donors (Lipinski definition) is 9. The summed E-state index contributed by atoms with van der Waals surface area (Å²) in [6.45, 7) is 3.00. The molecule has 5 spiro atoms. The van der Waals surface area contributed by atoms with Crippen molar-refractivity contribution in [3.63, 3.8) is 0 Å². The molecule has 69 heavy (non-hydrogen) atoms. The van der Waals surface area contributed by atoms with Gasteiger partial charge in [0.25, 0.3) is 0 Å². The number of fused-ring (bicyclic) bond motifs is 10.